The number of aromatic nitrogens is 2. The number of aliphatic carboxylic acids is 1. The first-order valence-electron chi connectivity index (χ1n) is 11.4. The van der Waals surface area contributed by atoms with Gasteiger partial charge < -0.3 is 15.7 Å². The largest absolute Gasteiger partial charge is 0.481 e. The third-order valence-electron chi connectivity index (χ3n) is 5.95. The first kappa shape index (κ1) is 25.2. The second kappa shape index (κ2) is 10.0. The summed E-state index contributed by atoms with van der Waals surface area (Å²) in [4.78, 5) is 23.5. The molecule has 7 nitrogen and oxygen atoms in total. The molecule has 184 valence electrons. The fourth-order valence-corrected chi connectivity index (χ4v) is 4.39. The van der Waals surface area contributed by atoms with Crippen molar-refractivity contribution in [3.8, 4) is 5.69 Å². The van der Waals surface area contributed by atoms with Crippen LogP contribution >= 0.6 is 23.2 Å². The van der Waals surface area contributed by atoms with Crippen molar-refractivity contribution >= 4 is 40.8 Å². The molecule has 0 radical (unpaired) electrons. The molecule has 0 bridgehead atoms. The Morgan fingerprint density at radius 2 is 1.77 bits per heavy atom. The number of nitrogens with zero attached hydrogens (tertiary/aromatic N) is 2. The number of benzene rings is 2. The highest BCUT2D eigenvalue weighted by atomic mass is 35.5. The molecule has 3 aromatic rings. The minimum absolute atomic E-state index is 0.0299. The number of anilines is 1. The summed E-state index contributed by atoms with van der Waals surface area (Å²) in [6, 6.07) is 14.9. The van der Waals surface area contributed by atoms with Gasteiger partial charge in [-0.05, 0) is 42.3 Å². The smallest absolute Gasteiger partial charge is 0.303 e. The highest BCUT2D eigenvalue weighted by Crippen LogP contribution is 2.37. The molecule has 1 saturated heterocycles. The van der Waals surface area contributed by atoms with E-state index in [2.05, 4.69) is 37.5 Å². The quantitative estimate of drug-likeness (QED) is 0.342. The highest BCUT2D eigenvalue weighted by molar-refractivity contribution is 6.39. The van der Waals surface area contributed by atoms with Crippen LogP contribution in [0.4, 0.5) is 5.69 Å². The number of nitrogens with one attached hydrogen (secondary N) is 2. The van der Waals surface area contributed by atoms with Gasteiger partial charge in [-0.2, -0.15) is 5.10 Å². The molecule has 3 N–H and O–H groups in total. The molecular weight excluding hydrogens is 487 g/mol. The first-order chi connectivity index (χ1) is 16.5. The normalized spacial score (nSPS) is 17.3. The molecular formula is C26H28Cl2N4O3. The molecule has 2 heterocycles. The molecule has 0 spiro atoms. The van der Waals surface area contributed by atoms with E-state index in [1.807, 2.05) is 28.9 Å². The Balaban J connectivity index is 1.51. The van der Waals surface area contributed by atoms with Crippen LogP contribution in [0.5, 0.6) is 0 Å². The summed E-state index contributed by atoms with van der Waals surface area (Å²) < 4.78 is 1.90. The minimum atomic E-state index is -0.815. The number of hydrogen-bond acceptors (Lipinski definition) is 4. The predicted octanol–water partition coefficient (Wildman–Crippen LogP) is 5.54. The minimum Gasteiger partial charge on any atom is -0.481 e. The van der Waals surface area contributed by atoms with E-state index in [-0.39, 0.29) is 36.2 Å². The van der Waals surface area contributed by atoms with Gasteiger partial charge in [0.05, 0.1) is 38.8 Å². The lowest BCUT2D eigenvalue weighted by molar-refractivity contribution is -0.137. The second-order valence-electron chi connectivity index (χ2n) is 9.78. The van der Waals surface area contributed by atoms with Gasteiger partial charge >= 0.3 is 5.97 Å². The Labute approximate surface area is 214 Å². The van der Waals surface area contributed by atoms with Crippen LogP contribution in [0.2, 0.25) is 10.0 Å². The standard InChI is InChI=1S/C26H28Cl2N4O3/c1-26(2,3)21-14-20(32(31-21)16-10-7-15(8-11-16)9-12-23(34)35)25-19(29-25)13-22(33)30-24-17(27)5-4-6-18(24)28/h4-8,10-11,14,19,25,29H,9,12-13H2,1-3H3,(H,30,33)(H,34,35). The van der Waals surface area contributed by atoms with E-state index in [9.17, 15) is 9.59 Å². The first-order valence-corrected chi connectivity index (χ1v) is 12.2. The molecule has 1 amide bonds. The number of aryl methyl sites for hydroxylation is 1. The van der Waals surface area contributed by atoms with Gasteiger partial charge in [0.25, 0.3) is 0 Å². The average molecular weight is 515 g/mol. The van der Waals surface area contributed by atoms with Gasteiger partial charge in [0.1, 0.15) is 0 Å². The number of hydrogen-bond donors (Lipinski definition) is 3. The molecule has 9 heteroatoms. The molecule has 35 heavy (non-hydrogen) atoms. The third kappa shape index (κ3) is 6.04. The van der Waals surface area contributed by atoms with Crippen molar-refractivity contribution in [3.05, 3.63) is 75.5 Å². The van der Waals surface area contributed by atoms with E-state index >= 15 is 0 Å². The number of para-hydroxylation sites is 1. The van der Waals surface area contributed by atoms with Gasteiger partial charge in [0, 0.05) is 24.3 Å². The molecule has 2 aromatic carbocycles. The van der Waals surface area contributed by atoms with Gasteiger partial charge in [-0.1, -0.05) is 62.2 Å². The van der Waals surface area contributed by atoms with Crippen LogP contribution < -0.4 is 10.6 Å². The molecule has 0 aliphatic carbocycles. The van der Waals surface area contributed by atoms with Gasteiger partial charge in [-0.3, -0.25) is 9.59 Å². The summed E-state index contributed by atoms with van der Waals surface area (Å²) in [5.74, 6) is -0.991. The van der Waals surface area contributed by atoms with E-state index in [4.69, 9.17) is 33.4 Å². The average Bonchev–Trinajstić information content (AvgIpc) is 3.38. The van der Waals surface area contributed by atoms with Crippen LogP contribution in [0, 0.1) is 0 Å². The lowest BCUT2D eigenvalue weighted by atomic mass is 9.92. The van der Waals surface area contributed by atoms with Crippen LogP contribution in [-0.2, 0) is 21.4 Å². The summed E-state index contributed by atoms with van der Waals surface area (Å²) in [7, 11) is 0. The Kier molecular flexibility index (Phi) is 7.22. The summed E-state index contributed by atoms with van der Waals surface area (Å²) in [5.41, 5.74) is 4.03. The van der Waals surface area contributed by atoms with Crippen molar-refractivity contribution in [1.29, 1.82) is 0 Å². The SMILES string of the molecule is CC(C)(C)c1cc(C2NC2CC(=O)Nc2c(Cl)cccc2Cl)n(-c2ccc(CCC(=O)O)cc2)n1. The molecule has 1 aliphatic heterocycles. The summed E-state index contributed by atoms with van der Waals surface area (Å²) >= 11 is 12.4. The number of halogens is 2. The topological polar surface area (TPSA) is 106 Å². The van der Waals surface area contributed by atoms with E-state index in [0.717, 1.165) is 22.6 Å². The number of carboxylic acid groups (broad SMARTS) is 1. The van der Waals surface area contributed by atoms with Gasteiger partial charge in [0.2, 0.25) is 5.91 Å². The lowest BCUT2D eigenvalue weighted by Crippen LogP contribution is -2.15. The van der Waals surface area contributed by atoms with Gasteiger partial charge in [-0.25, -0.2) is 4.68 Å². The molecule has 1 aliphatic rings. The molecule has 0 saturated carbocycles. The maximum absolute atomic E-state index is 12.7. The van der Waals surface area contributed by atoms with Crippen molar-refractivity contribution in [3.63, 3.8) is 0 Å². The Bertz CT molecular complexity index is 1230. The Morgan fingerprint density at radius 3 is 2.37 bits per heavy atom. The summed E-state index contributed by atoms with van der Waals surface area (Å²) in [5, 5.41) is 20.8. The fraction of sp³-hybridized carbons (Fsp3) is 0.346. The zero-order valence-corrected chi connectivity index (χ0v) is 21.3. The van der Waals surface area contributed by atoms with E-state index < -0.39 is 5.97 Å². The number of carboxylic acids is 1. The number of rotatable bonds is 8. The fourth-order valence-electron chi connectivity index (χ4n) is 3.90. The summed E-state index contributed by atoms with van der Waals surface area (Å²) in [6.45, 7) is 6.32. The van der Waals surface area contributed by atoms with Crippen LogP contribution in [0.3, 0.4) is 0 Å². The molecule has 1 fully saturated rings. The zero-order chi connectivity index (χ0) is 25.3. The second-order valence-corrected chi connectivity index (χ2v) is 10.6. The lowest BCUT2D eigenvalue weighted by Gasteiger charge is -2.14. The monoisotopic (exact) mass is 514 g/mol. The maximum atomic E-state index is 12.7. The predicted molar refractivity (Wildman–Crippen MR) is 138 cm³/mol. The van der Waals surface area contributed by atoms with Crippen molar-refractivity contribution in [2.45, 2.75) is 57.5 Å². The molecule has 2 atom stereocenters. The van der Waals surface area contributed by atoms with E-state index in [1.54, 1.807) is 18.2 Å². The molecule has 2 unspecified atom stereocenters. The summed E-state index contributed by atoms with van der Waals surface area (Å²) in [6.07, 6.45) is 0.831. The van der Waals surface area contributed by atoms with Crippen molar-refractivity contribution in [1.82, 2.24) is 15.1 Å². The van der Waals surface area contributed by atoms with E-state index in [1.165, 1.54) is 0 Å². The van der Waals surface area contributed by atoms with Crippen LogP contribution in [0.15, 0.2) is 48.5 Å². The molecule has 4 rings (SSSR count). The maximum Gasteiger partial charge on any atom is 0.303 e. The van der Waals surface area contributed by atoms with Gasteiger partial charge in [-0.15, -0.1) is 0 Å². The van der Waals surface area contributed by atoms with Crippen molar-refractivity contribution in [2.75, 3.05) is 5.32 Å². The molecule has 1 aromatic heterocycles. The number of carbonyl (C=O) groups excluding carboxylic acids is 1. The highest BCUT2D eigenvalue weighted by Gasteiger charge is 2.42. The van der Waals surface area contributed by atoms with Gasteiger partial charge in [0.15, 0.2) is 0 Å². The number of amides is 1. The zero-order valence-electron chi connectivity index (χ0n) is 19.8. The van der Waals surface area contributed by atoms with E-state index in [0.29, 0.717) is 22.2 Å². The van der Waals surface area contributed by atoms with Crippen LogP contribution in [0.25, 0.3) is 5.69 Å². The van der Waals surface area contributed by atoms with Crippen molar-refractivity contribution in [2.24, 2.45) is 0 Å². The van der Waals surface area contributed by atoms with Crippen LogP contribution in [-0.4, -0.2) is 32.8 Å². The Morgan fingerprint density at radius 1 is 1.11 bits per heavy atom. The Hall–Kier alpha value is -2.87. The van der Waals surface area contributed by atoms with Crippen molar-refractivity contribution < 1.29 is 14.7 Å². The van der Waals surface area contributed by atoms with Crippen LogP contribution in [0.1, 0.15) is 56.6 Å². The third-order valence-corrected chi connectivity index (χ3v) is 6.58. The number of carbonyl (C=O) groups is 2.